The van der Waals surface area contributed by atoms with Gasteiger partial charge in [0, 0.05) is 5.56 Å². The third-order valence-electron chi connectivity index (χ3n) is 5.32. The topological polar surface area (TPSA) is 57.2 Å². The average molecular weight is 453 g/mol. The van der Waals surface area contributed by atoms with E-state index < -0.39 is 6.10 Å². The molecule has 1 unspecified atom stereocenters. The van der Waals surface area contributed by atoms with Gasteiger partial charge in [-0.1, -0.05) is 54.2 Å². The Labute approximate surface area is 198 Å². The van der Waals surface area contributed by atoms with Gasteiger partial charge in [-0.25, -0.2) is 0 Å². The van der Waals surface area contributed by atoms with Crippen molar-refractivity contribution in [3.05, 3.63) is 77.4 Å². The Bertz CT molecular complexity index is 934. The molecule has 2 rings (SSSR count). The monoisotopic (exact) mass is 452 g/mol. The molecule has 0 bridgehead atoms. The fraction of sp³-hybridized carbons (Fsp3) is 0.357. The summed E-state index contributed by atoms with van der Waals surface area (Å²) in [6, 6.07) is 11.5. The van der Waals surface area contributed by atoms with E-state index >= 15 is 0 Å². The van der Waals surface area contributed by atoms with E-state index in [-0.39, 0.29) is 0 Å². The molecule has 2 aromatic rings. The first kappa shape index (κ1) is 26.1. The van der Waals surface area contributed by atoms with Crippen LogP contribution in [0.4, 0.5) is 0 Å². The molecule has 0 aliphatic carbocycles. The predicted octanol–water partition coefficient (Wildman–Crippen LogP) is 6.53. The molecule has 0 fully saturated rings. The van der Waals surface area contributed by atoms with Crippen LogP contribution in [-0.4, -0.2) is 33.5 Å². The van der Waals surface area contributed by atoms with Crippen molar-refractivity contribution < 1.29 is 24.1 Å². The highest BCUT2D eigenvalue weighted by Gasteiger charge is 2.13. The third kappa shape index (κ3) is 8.03. The summed E-state index contributed by atoms with van der Waals surface area (Å²) < 4.78 is 21.5. The van der Waals surface area contributed by atoms with Crippen LogP contribution in [-0.2, 0) is 0 Å². The van der Waals surface area contributed by atoms with Gasteiger partial charge in [-0.15, -0.1) is 0 Å². The van der Waals surface area contributed by atoms with Gasteiger partial charge in [-0.3, -0.25) is 0 Å². The molecule has 178 valence electrons. The van der Waals surface area contributed by atoms with E-state index in [1.807, 2.05) is 36.4 Å². The van der Waals surface area contributed by atoms with Crippen LogP contribution in [0.25, 0.3) is 6.08 Å². The highest BCUT2D eigenvalue weighted by molar-refractivity contribution is 5.62. The van der Waals surface area contributed by atoms with Crippen LogP contribution in [0.1, 0.15) is 49.8 Å². The number of para-hydroxylation sites is 1. The summed E-state index contributed by atoms with van der Waals surface area (Å²) in [6.07, 6.45) is 13.3. The van der Waals surface area contributed by atoms with Crippen LogP contribution in [0.5, 0.6) is 23.0 Å². The van der Waals surface area contributed by atoms with Gasteiger partial charge in [0.1, 0.15) is 5.75 Å². The predicted molar refractivity (Wildman–Crippen MR) is 134 cm³/mol. The number of unbranched alkanes of at least 4 members (excludes halogenated alkanes) is 1. The maximum absolute atomic E-state index is 10.5. The van der Waals surface area contributed by atoms with Gasteiger partial charge in [0.05, 0.1) is 34.5 Å². The number of rotatable bonds is 13. The van der Waals surface area contributed by atoms with E-state index in [4.69, 9.17) is 18.9 Å². The summed E-state index contributed by atoms with van der Waals surface area (Å²) in [5.74, 6) is 2.62. The first-order chi connectivity index (χ1) is 16.0. The van der Waals surface area contributed by atoms with Crippen molar-refractivity contribution in [3.8, 4) is 23.0 Å². The molecule has 0 radical (unpaired) electrons. The van der Waals surface area contributed by atoms with Crippen molar-refractivity contribution in [2.45, 2.75) is 38.7 Å². The quantitative estimate of drug-likeness (QED) is 0.277. The lowest BCUT2D eigenvalue weighted by Crippen LogP contribution is -2.00. The van der Waals surface area contributed by atoms with Crippen molar-refractivity contribution in [1.29, 1.82) is 0 Å². The second kappa shape index (κ2) is 14.1. The Balaban J connectivity index is 1.80. The summed E-state index contributed by atoms with van der Waals surface area (Å²) in [6.45, 7) is 2.09. The van der Waals surface area contributed by atoms with Crippen LogP contribution in [0.15, 0.2) is 66.3 Å². The minimum Gasteiger partial charge on any atom is -0.496 e. The Morgan fingerprint density at radius 1 is 0.879 bits per heavy atom. The molecule has 0 spiro atoms. The SMILES string of the molecule is COc1ccccc1C(O)CC/C(C)=C/C=C/CC/C=C\c1cc(OC)c(OC)c(OC)c1. The molecular weight excluding hydrogens is 416 g/mol. The smallest absolute Gasteiger partial charge is 0.203 e. The number of ether oxygens (including phenoxy) is 4. The second-order valence-corrected chi connectivity index (χ2v) is 7.68. The number of allylic oxidation sites excluding steroid dienone is 5. The standard InChI is InChI=1S/C28H36O5/c1-21(17-18-24(29)23-15-11-12-16-25(23)30-2)13-9-7-6-8-10-14-22-19-26(31-3)28(33-5)27(20-22)32-4/h7,9-16,19-20,24,29H,6,8,17-18H2,1-5H3/b9-7+,14-10-,21-13+. The number of hydrogen-bond donors (Lipinski definition) is 1. The van der Waals surface area contributed by atoms with Crippen molar-refractivity contribution in [2.75, 3.05) is 28.4 Å². The van der Waals surface area contributed by atoms with E-state index in [0.717, 1.165) is 36.1 Å². The second-order valence-electron chi connectivity index (χ2n) is 7.68. The molecule has 0 aliphatic rings. The highest BCUT2D eigenvalue weighted by Crippen LogP contribution is 2.38. The van der Waals surface area contributed by atoms with Gasteiger partial charge in [0.2, 0.25) is 5.75 Å². The van der Waals surface area contributed by atoms with E-state index in [1.54, 1.807) is 28.4 Å². The summed E-state index contributed by atoms with van der Waals surface area (Å²) in [7, 11) is 6.46. The van der Waals surface area contributed by atoms with E-state index in [1.165, 1.54) is 5.57 Å². The molecule has 1 atom stereocenters. The van der Waals surface area contributed by atoms with Gasteiger partial charge >= 0.3 is 0 Å². The Morgan fingerprint density at radius 2 is 1.52 bits per heavy atom. The molecule has 5 nitrogen and oxygen atoms in total. The van der Waals surface area contributed by atoms with Crippen LogP contribution in [0.3, 0.4) is 0 Å². The molecule has 0 saturated heterocycles. The summed E-state index contributed by atoms with van der Waals surface area (Å²) in [4.78, 5) is 0. The van der Waals surface area contributed by atoms with Crippen LogP contribution in [0.2, 0.25) is 0 Å². The van der Waals surface area contributed by atoms with E-state index in [9.17, 15) is 5.11 Å². The fourth-order valence-electron chi connectivity index (χ4n) is 3.48. The maximum Gasteiger partial charge on any atom is 0.203 e. The number of benzene rings is 2. The molecule has 2 aromatic carbocycles. The van der Waals surface area contributed by atoms with Crippen LogP contribution < -0.4 is 18.9 Å². The van der Waals surface area contributed by atoms with Gasteiger partial charge in [-0.05, 0) is 56.4 Å². The number of aliphatic hydroxyl groups excluding tert-OH is 1. The summed E-state index contributed by atoms with van der Waals surface area (Å²) in [5, 5.41) is 10.5. The zero-order valence-corrected chi connectivity index (χ0v) is 20.3. The first-order valence-electron chi connectivity index (χ1n) is 11.1. The zero-order chi connectivity index (χ0) is 24.1. The van der Waals surface area contributed by atoms with Gasteiger partial charge in [0.25, 0.3) is 0 Å². The third-order valence-corrected chi connectivity index (χ3v) is 5.32. The summed E-state index contributed by atoms with van der Waals surface area (Å²) >= 11 is 0. The fourth-order valence-corrected chi connectivity index (χ4v) is 3.48. The lowest BCUT2D eigenvalue weighted by atomic mass is 10.0. The zero-order valence-electron chi connectivity index (χ0n) is 20.3. The Morgan fingerprint density at radius 3 is 2.15 bits per heavy atom. The van der Waals surface area contributed by atoms with E-state index in [0.29, 0.717) is 23.7 Å². The molecule has 0 aliphatic heterocycles. The minimum absolute atomic E-state index is 0.534. The molecule has 33 heavy (non-hydrogen) atoms. The normalized spacial score (nSPS) is 12.8. The highest BCUT2D eigenvalue weighted by atomic mass is 16.5. The van der Waals surface area contributed by atoms with Crippen LogP contribution in [0, 0.1) is 0 Å². The molecule has 0 saturated carbocycles. The van der Waals surface area contributed by atoms with Gasteiger partial charge in [0.15, 0.2) is 11.5 Å². The lowest BCUT2D eigenvalue weighted by Gasteiger charge is -2.14. The Hall–Kier alpha value is -3.18. The number of hydrogen-bond acceptors (Lipinski definition) is 5. The number of aliphatic hydroxyl groups is 1. The first-order valence-corrected chi connectivity index (χ1v) is 11.1. The van der Waals surface area contributed by atoms with Gasteiger partial charge in [-0.2, -0.15) is 0 Å². The van der Waals surface area contributed by atoms with Crippen molar-refractivity contribution in [3.63, 3.8) is 0 Å². The van der Waals surface area contributed by atoms with Crippen molar-refractivity contribution in [2.24, 2.45) is 0 Å². The van der Waals surface area contributed by atoms with Crippen molar-refractivity contribution >= 4 is 6.08 Å². The van der Waals surface area contributed by atoms with E-state index in [2.05, 4.69) is 37.3 Å². The molecule has 1 N–H and O–H groups in total. The molecule has 0 amide bonds. The molecular formula is C28H36O5. The lowest BCUT2D eigenvalue weighted by molar-refractivity contribution is 0.163. The molecule has 0 heterocycles. The van der Waals surface area contributed by atoms with Gasteiger partial charge < -0.3 is 24.1 Å². The summed E-state index contributed by atoms with van der Waals surface area (Å²) in [5.41, 5.74) is 3.06. The Kier molecular flexibility index (Phi) is 11.1. The average Bonchev–Trinajstić information content (AvgIpc) is 2.85. The molecule has 5 heteroatoms. The minimum atomic E-state index is -0.534. The largest absolute Gasteiger partial charge is 0.496 e. The number of methoxy groups -OCH3 is 4. The van der Waals surface area contributed by atoms with Crippen molar-refractivity contribution in [1.82, 2.24) is 0 Å². The maximum atomic E-state index is 10.5. The van der Waals surface area contributed by atoms with Crippen LogP contribution >= 0.6 is 0 Å². The molecule has 0 aromatic heterocycles.